The first-order valence-corrected chi connectivity index (χ1v) is 11.1. The minimum absolute atomic E-state index is 0.0777. The summed E-state index contributed by atoms with van der Waals surface area (Å²) in [7, 11) is 3.95. The van der Waals surface area contributed by atoms with Gasteiger partial charge in [-0.25, -0.2) is 9.97 Å². The van der Waals surface area contributed by atoms with Crippen LogP contribution >= 0.6 is 11.8 Å². The van der Waals surface area contributed by atoms with E-state index < -0.39 is 0 Å². The molecule has 164 valence electrons. The second kappa shape index (κ2) is 9.80. The molecule has 1 amide bonds. The van der Waals surface area contributed by atoms with E-state index in [0.29, 0.717) is 28.9 Å². The summed E-state index contributed by atoms with van der Waals surface area (Å²) < 4.78 is 0. The highest BCUT2D eigenvalue weighted by atomic mass is 32.2. The maximum atomic E-state index is 12.3. The Morgan fingerprint density at radius 1 is 1.09 bits per heavy atom. The topological polar surface area (TPSA) is 98.8 Å². The van der Waals surface area contributed by atoms with Crippen molar-refractivity contribution < 1.29 is 4.79 Å². The number of carbonyl (C=O) groups excluding carboxylic acids is 1. The molecule has 0 aliphatic heterocycles. The van der Waals surface area contributed by atoms with Crippen molar-refractivity contribution in [2.75, 3.05) is 32.5 Å². The number of aromatic amines is 1. The Morgan fingerprint density at radius 2 is 1.88 bits per heavy atom. The molecule has 9 heteroatoms. The smallest absolute Gasteiger partial charge is 0.251 e. The molecule has 4 rings (SSSR count). The lowest BCUT2D eigenvalue weighted by atomic mass is 10.2. The first-order valence-electron chi connectivity index (χ1n) is 10.2. The van der Waals surface area contributed by atoms with Gasteiger partial charge in [-0.15, -0.1) is 0 Å². The van der Waals surface area contributed by atoms with Crippen molar-refractivity contribution in [1.29, 1.82) is 0 Å². The second-order valence-electron chi connectivity index (χ2n) is 7.62. The number of aromatic nitrogens is 4. The molecule has 0 unspecified atom stereocenters. The maximum absolute atomic E-state index is 12.3. The summed E-state index contributed by atoms with van der Waals surface area (Å²) in [4.78, 5) is 24.7. The van der Waals surface area contributed by atoms with Crippen molar-refractivity contribution in [3.63, 3.8) is 0 Å². The van der Waals surface area contributed by atoms with Crippen LogP contribution in [0, 0.1) is 6.92 Å². The summed E-state index contributed by atoms with van der Waals surface area (Å²) in [5.41, 5.74) is 2.44. The maximum Gasteiger partial charge on any atom is 0.251 e. The van der Waals surface area contributed by atoms with Crippen LogP contribution in [0.3, 0.4) is 0 Å². The van der Waals surface area contributed by atoms with Gasteiger partial charge < -0.3 is 15.5 Å². The van der Waals surface area contributed by atoms with Crippen LogP contribution in [0.1, 0.15) is 16.1 Å². The van der Waals surface area contributed by atoms with Crippen LogP contribution in [0.4, 0.5) is 11.6 Å². The quantitative estimate of drug-likeness (QED) is 0.353. The monoisotopic (exact) mass is 447 g/mol. The summed E-state index contributed by atoms with van der Waals surface area (Å²) in [5.74, 6) is 1.32. The van der Waals surface area contributed by atoms with Crippen molar-refractivity contribution in [3.05, 3.63) is 65.9 Å². The molecule has 2 aromatic carbocycles. The molecule has 0 aliphatic rings. The fraction of sp³-hybridized carbons (Fsp3) is 0.217. The average Bonchev–Trinajstić information content (AvgIpc) is 3.18. The number of nitrogens with one attached hydrogen (secondary N) is 3. The van der Waals surface area contributed by atoms with E-state index >= 15 is 0 Å². The Morgan fingerprint density at radius 3 is 2.59 bits per heavy atom. The summed E-state index contributed by atoms with van der Waals surface area (Å²) in [6.07, 6.45) is 0. The first-order chi connectivity index (χ1) is 15.5. The van der Waals surface area contributed by atoms with Gasteiger partial charge in [0.05, 0.1) is 5.52 Å². The number of fused-ring (bicyclic) bond motifs is 1. The predicted octanol–water partition coefficient (Wildman–Crippen LogP) is 3.85. The number of aryl methyl sites for hydroxylation is 1. The van der Waals surface area contributed by atoms with Crippen molar-refractivity contribution in [2.45, 2.75) is 17.0 Å². The molecule has 0 saturated heterocycles. The molecule has 0 saturated carbocycles. The van der Waals surface area contributed by atoms with Crippen LogP contribution in [0.25, 0.3) is 10.9 Å². The van der Waals surface area contributed by atoms with Gasteiger partial charge in [0.25, 0.3) is 5.91 Å². The molecular weight excluding hydrogens is 422 g/mol. The minimum atomic E-state index is -0.0777. The molecule has 0 radical (unpaired) electrons. The van der Waals surface area contributed by atoms with Crippen molar-refractivity contribution in [3.8, 4) is 0 Å². The van der Waals surface area contributed by atoms with Gasteiger partial charge in [-0.05, 0) is 69.2 Å². The highest BCUT2D eigenvalue weighted by molar-refractivity contribution is 7.99. The third-order valence-electron chi connectivity index (χ3n) is 4.71. The van der Waals surface area contributed by atoms with Crippen LogP contribution < -0.4 is 10.6 Å². The van der Waals surface area contributed by atoms with Gasteiger partial charge in [0.2, 0.25) is 0 Å². The van der Waals surface area contributed by atoms with E-state index in [4.69, 9.17) is 9.97 Å². The van der Waals surface area contributed by atoms with Gasteiger partial charge >= 0.3 is 0 Å². The van der Waals surface area contributed by atoms with E-state index in [-0.39, 0.29) is 5.91 Å². The molecule has 0 bridgehead atoms. The van der Waals surface area contributed by atoms with Crippen LogP contribution in [0.5, 0.6) is 0 Å². The fourth-order valence-corrected chi connectivity index (χ4v) is 3.84. The van der Waals surface area contributed by atoms with E-state index in [1.807, 2.05) is 80.5 Å². The van der Waals surface area contributed by atoms with Gasteiger partial charge in [0.1, 0.15) is 5.82 Å². The van der Waals surface area contributed by atoms with Gasteiger partial charge in [-0.3, -0.25) is 9.89 Å². The lowest BCUT2D eigenvalue weighted by Gasteiger charge is -2.11. The van der Waals surface area contributed by atoms with Gasteiger partial charge in [-0.2, -0.15) is 5.10 Å². The van der Waals surface area contributed by atoms with Gasteiger partial charge in [-0.1, -0.05) is 12.1 Å². The van der Waals surface area contributed by atoms with Crippen molar-refractivity contribution >= 4 is 40.2 Å². The number of nitrogens with zero attached hydrogens (tertiary/aromatic N) is 4. The number of rotatable bonds is 8. The van der Waals surface area contributed by atoms with Crippen LogP contribution in [0.15, 0.2) is 64.6 Å². The van der Waals surface area contributed by atoms with Crippen LogP contribution in [0.2, 0.25) is 0 Å². The standard InChI is InChI=1S/C23H25N7OS/c1-15-14-20(29-28-15)26-21-18-6-4-5-7-19(18)25-23(27-21)32-17-10-8-16(9-11-17)22(31)24-12-13-30(2)3/h4-11,14H,12-13H2,1-3H3,(H,24,31)(H2,25,26,27,28,29). The molecular formula is C23H25N7OS. The number of likely N-dealkylation sites (N-methyl/N-ethyl adjacent to an activating group) is 1. The number of H-pyrrole nitrogens is 1. The molecule has 2 heterocycles. The molecule has 3 N–H and O–H groups in total. The number of anilines is 2. The summed E-state index contributed by atoms with van der Waals surface area (Å²) in [6.45, 7) is 3.36. The number of carbonyl (C=O) groups is 1. The van der Waals surface area contributed by atoms with Crippen molar-refractivity contribution in [2.24, 2.45) is 0 Å². The molecule has 0 aliphatic carbocycles. The van der Waals surface area contributed by atoms with Gasteiger partial charge in [0.15, 0.2) is 11.0 Å². The zero-order valence-corrected chi connectivity index (χ0v) is 19.0. The Kier molecular flexibility index (Phi) is 6.67. The summed E-state index contributed by atoms with van der Waals surface area (Å²) in [6, 6.07) is 17.2. The molecule has 0 atom stereocenters. The van der Waals surface area contributed by atoms with E-state index in [1.165, 1.54) is 11.8 Å². The van der Waals surface area contributed by atoms with E-state index in [9.17, 15) is 4.79 Å². The Balaban J connectivity index is 1.52. The third kappa shape index (κ3) is 5.43. The number of para-hydroxylation sites is 1. The number of benzene rings is 2. The Hall–Kier alpha value is -3.43. The minimum Gasteiger partial charge on any atom is -0.351 e. The van der Waals surface area contributed by atoms with E-state index in [2.05, 4.69) is 20.8 Å². The Bertz CT molecular complexity index is 1220. The fourth-order valence-electron chi connectivity index (χ4n) is 3.07. The second-order valence-corrected chi connectivity index (χ2v) is 8.66. The zero-order valence-electron chi connectivity index (χ0n) is 18.2. The third-order valence-corrected chi connectivity index (χ3v) is 5.58. The highest BCUT2D eigenvalue weighted by Gasteiger charge is 2.11. The Labute approximate surface area is 190 Å². The van der Waals surface area contributed by atoms with E-state index in [0.717, 1.165) is 28.0 Å². The molecule has 2 aromatic heterocycles. The van der Waals surface area contributed by atoms with Gasteiger partial charge in [0, 0.05) is 40.7 Å². The number of amides is 1. The van der Waals surface area contributed by atoms with Crippen molar-refractivity contribution in [1.82, 2.24) is 30.4 Å². The molecule has 0 spiro atoms. The zero-order chi connectivity index (χ0) is 22.5. The molecule has 4 aromatic rings. The summed E-state index contributed by atoms with van der Waals surface area (Å²) >= 11 is 1.45. The summed E-state index contributed by atoms with van der Waals surface area (Å²) in [5, 5.41) is 14.9. The molecule has 32 heavy (non-hydrogen) atoms. The molecule has 0 fully saturated rings. The lowest BCUT2D eigenvalue weighted by Crippen LogP contribution is -2.31. The largest absolute Gasteiger partial charge is 0.351 e. The lowest BCUT2D eigenvalue weighted by molar-refractivity contribution is 0.0951. The number of hydrogen-bond acceptors (Lipinski definition) is 7. The van der Waals surface area contributed by atoms with Crippen LogP contribution in [-0.4, -0.2) is 58.2 Å². The highest BCUT2D eigenvalue weighted by Crippen LogP contribution is 2.30. The van der Waals surface area contributed by atoms with Crippen LogP contribution in [-0.2, 0) is 0 Å². The SMILES string of the molecule is Cc1cc(Nc2nc(Sc3ccc(C(=O)NCCN(C)C)cc3)nc3ccccc23)n[nH]1. The average molecular weight is 448 g/mol. The molecule has 8 nitrogen and oxygen atoms in total. The van der Waals surface area contributed by atoms with E-state index in [1.54, 1.807) is 0 Å². The number of hydrogen-bond donors (Lipinski definition) is 3. The predicted molar refractivity (Wildman–Crippen MR) is 128 cm³/mol. The normalized spacial score (nSPS) is 11.1. The first kappa shape index (κ1) is 21.8.